The molecule has 0 aromatic heterocycles. The molecular formula is C9H17NTm-2. The molecule has 0 aromatic carbocycles. The Balaban J connectivity index is 0.000000500. The summed E-state index contributed by atoms with van der Waals surface area (Å²) in [4.78, 5) is 2.46. The molecule has 1 aliphatic heterocycles. The van der Waals surface area contributed by atoms with Crippen molar-refractivity contribution in [1.29, 1.82) is 0 Å². The molecule has 0 amide bonds. The third-order valence-electron chi connectivity index (χ3n) is 2.54. The van der Waals surface area contributed by atoms with E-state index >= 15 is 0 Å². The summed E-state index contributed by atoms with van der Waals surface area (Å²) >= 11 is 0. The van der Waals surface area contributed by atoms with Crippen LogP contribution in [0.2, 0.25) is 0 Å². The number of likely N-dealkylation sites (tertiary alicyclic amines) is 1. The van der Waals surface area contributed by atoms with E-state index in [9.17, 15) is 0 Å². The maximum absolute atomic E-state index is 2.56. The molecule has 2 bridgehead atoms. The minimum absolute atomic E-state index is 0. The van der Waals surface area contributed by atoms with Crippen molar-refractivity contribution in [3.8, 4) is 0 Å². The molecule has 11 heavy (non-hydrogen) atoms. The molecule has 2 unspecified atom stereocenters. The van der Waals surface area contributed by atoms with Gasteiger partial charge in [-0.25, -0.2) is 0 Å². The van der Waals surface area contributed by atoms with Gasteiger partial charge in [0.15, 0.2) is 0 Å². The standard InChI is InChI=1S/C8H14N.CH3.Tm/c1-9-5-7-2-3-8(4-7)6-9;;/h4,7-8H,2-3,5-6H2,1H3;1H3;/q2*-1;. The minimum atomic E-state index is 0. The van der Waals surface area contributed by atoms with E-state index in [-0.39, 0.29) is 44.3 Å². The zero-order valence-electron chi connectivity index (χ0n) is 7.29. The summed E-state index contributed by atoms with van der Waals surface area (Å²) in [6, 6.07) is 0. The van der Waals surface area contributed by atoms with Crippen LogP contribution < -0.4 is 0 Å². The van der Waals surface area contributed by atoms with Crippen LogP contribution >= 0.6 is 0 Å². The van der Waals surface area contributed by atoms with Crippen molar-refractivity contribution in [3.05, 3.63) is 13.8 Å². The van der Waals surface area contributed by atoms with Crippen molar-refractivity contribution >= 4 is 0 Å². The third-order valence-corrected chi connectivity index (χ3v) is 2.54. The monoisotopic (exact) mass is 308 g/mol. The second-order valence-electron chi connectivity index (χ2n) is 3.51. The largest absolute Gasteiger partial charge is 0.358 e. The second-order valence-corrected chi connectivity index (χ2v) is 3.51. The van der Waals surface area contributed by atoms with E-state index in [4.69, 9.17) is 0 Å². The summed E-state index contributed by atoms with van der Waals surface area (Å²) < 4.78 is 0. The molecular weight excluding hydrogens is 291 g/mol. The predicted molar refractivity (Wildman–Crippen MR) is 44.4 cm³/mol. The quantitative estimate of drug-likeness (QED) is 0.615. The molecule has 0 aromatic rings. The van der Waals surface area contributed by atoms with Crippen molar-refractivity contribution < 1.29 is 36.9 Å². The minimum Gasteiger partial charge on any atom is -0.358 e. The van der Waals surface area contributed by atoms with Crippen molar-refractivity contribution in [3.63, 3.8) is 0 Å². The van der Waals surface area contributed by atoms with Gasteiger partial charge in [0.2, 0.25) is 0 Å². The number of rotatable bonds is 0. The van der Waals surface area contributed by atoms with Crippen LogP contribution in [0.25, 0.3) is 0 Å². The SMILES string of the molecule is CN1CC2[CH-]C(CC2)C1.[CH3-].[Tm]. The smallest absolute Gasteiger partial charge is 0 e. The van der Waals surface area contributed by atoms with Crippen LogP contribution in [0.4, 0.5) is 0 Å². The summed E-state index contributed by atoms with van der Waals surface area (Å²) in [6.45, 7) is 2.63. The van der Waals surface area contributed by atoms with Gasteiger partial charge in [-0.1, -0.05) is 12.8 Å². The number of hydrogen-bond acceptors (Lipinski definition) is 1. The van der Waals surface area contributed by atoms with Gasteiger partial charge >= 0.3 is 0 Å². The normalized spacial score (nSPS) is 35.7. The third kappa shape index (κ3) is 2.86. The Hall–Kier alpha value is 1.19. The fourth-order valence-corrected chi connectivity index (χ4v) is 2.18. The molecule has 0 spiro atoms. The molecule has 1 heterocycles. The number of nitrogens with zero attached hydrogens (tertiary/aromatic N) is 1. The molecule has 2 atom stereocenters. The summed E-state index contributed by atoms with van der Waals surface area (Å²) in [7, 11) is 2.23. The average Bonchev–Trinajstić information content (AvgIpc) is 2.11. The van der Waals surface area contributed by atoms with Crippen LogP contribution in [0.5, 0.6) is 0 Å². The van der Waals surface area contributed by atoms with Crippen LogP contribution in [0.15, 0.2) is 0 Å². The van der Waals surface area contributed by atoms with Crippen molar-refractivity contribution in [2.75, 3.05) is 20.1 Å². The van der Waals surface area contributed by atoms with Crippen LogP contribution in [0.1, 0.15) is 12.8 Å². The van der Waals surface area contributed by atoms with Crippen molar-refractivity contribution in [1.82, 2.24) is 4.90 Å². The first-order valence-electron chi connectivity index (χ1n) is 3.88. The van der Waals surface area contributed by atoms with Gasteiger partial charge in [-0.05, 0) is 20.1 Å². The van der Waals surface area contributed by atoms with E-state index in [1.165, 1.54) is 25.9 Å². The number of hydrogen-bond donors (Lipinski definition) is 0. The van der Waals surface area contributed by atoms with Gasteiger partial charge in [0.1, 0.15) is 0 Å². The van der Waals surface area contributed by atoms with Gasteiger partial charge in [-0.15, -0.1) is 0 Å². The van der Waals surface area contributed by atoms with Gasteiger partial charge in [-0.2, -0.15) is 11.8 Å². The van der Waals surface area contributed by atoms with Crippen LogP contribution in [0, 0.1) is 62.6 Å². The van der Waals surface area contributed by atoms with E-state index in [0.29, 0.717) is 0 Å². The molecule has 2 heteroatoms. The van der Waals surface area contributed by atoms with E-state index in [1.54, 1.807) is 0 Å². The van der Waals surface area contributed by atoms with Gasteiger partial charge < -0.3 is 18.7 Å². The first-order chi connectivity index (χ1) is 4.34. The van der Waals surface area contributed by atoms with Crippen LogP contribution in [-0.4, -0.2) is 25.0 Å². The Morgan fingerprint density at radius 3 is 2.09 bits per heavy atom. The van der Waals surface area contributed by atoms with E-state index < -0.39 is 0 Å². The first-order valence-corrected chi connectivity index (χ1v) is 3.88. The van der Waals surface area contributed by atoms with Crippen molar-refractivity contribution in [2.45, 2.75) is 12.8 Å². The van der Waals surface area contributed by atoms with Crippen molar-refractivity contribution in [2.24, 2.45) is 11.8 Å². The molecule has 1 radical (unpaired) electrons. The zero-order chi connectivity index (χ0) is 6.27. The Labute approximate surface area is 99.7 Å². The molecule has 1 saturated heterocycles. The summed E-state index contributed by atoms with van der Waals surface area (Å²) in [5.41, 5.74) is 0. The molecule has 73 valence electrons. The maximum atomic E-state index is 2.56. The van der Waals surface area contributed by atoms with E-state index in [2.05, 4.69) is 18.4 Å². The predicted octanol–water partition coefficient (Wildman–Crippen LogP) is 1.61. The van der Waals surface area contributed by atoms with E-state index in [1.807, 2.05) is 0 Å². The zero-order valence-corrected chi connectivity index (χ0v) is 9.06. The summed E-state index contributed by atoms with van der Waals surface area (Å²) in [5, 5.41) is 0. The first kappa shape index (κ1) is 12.2. The van der Waals surface area contributed by atoms with Gasteiger partial charge in [0.05, 0.1) is 0 Å². The molecule has 1 aliphatic carbocycles. The van der Waals surface area contributed by atoms with Gasteiger partial charge in [-0.3, -0.25) is 0 Å². The van der Waals surface area contributed by atoms with Crippen LogP contribution in [-0.2, 0) is 0 Å². The molecule has 1 nitrogen and oxygen atoms in total. The Morgan fingerprint density at radius 2 is 1.64 bits per heavy atom. The fraction of sp³-hybridized carbons (Fsp3) is 0.778. The van der Waals surface area contributed by atoms with Gasteiger partial charge in [0, 0.05) is 36.9 Å². The number of piperidine rings is 1. The molecule has 0 N–H and O–H groups in total. The average molecular weight is 308 g/mol. The van der Waals surface area contributed by atoms with Gasteiger partial charge in [0.25, 0.3) is 0 Å². The fourth-order valence-electron chi connectivity index (χ4n) is 2.18. The molecule has 1 saturated carbocycles. The maximum Gasteiger partial charge on any atom is 0 e. The Bertz CT molecular complexity index is 104. The Morgan fingerprint density at radius 1 is 1.18 bits per heavy atom. The number of fused-ring (bicyclic) bond motifs is 2. The molecule has 2 rings (SSSR count). The molecule has 2 aliphatic rings. The molecule has 2 fully saturated rings. The Kier molecular flexibility index (Phi) is 5.59. The summed E-state index contributed by atoms with van der Waals surface area (Å²) in [6.07, 6.45) is 5.46. The second kappa shape index (κ2) is 5.04. The van der Waals surface area contributed by atoms with Crippen LogP contribution in [0.3, 0.4) is 0 Å². The topological polar surface area (TPSA) is 3.24 Å². The van der Waals surface area contributed by atoms with E-state index in [0.717, 1.165) is 11.8 Å². The summed E-state index contributed by atoms with van der Waals surface area (Å²) in [5.74, 6) is 1.88.